The van der Waals surface area contributed by atoms with E-state index >= 15 is 0 Å². The highest BCUT2D eigenvalue weighted by Gasteiger charge is 2.12. The van der Waals surface area contributed by atoms with Gasteiger partial charge >= 0.3 is 0 Å². The number of nitrogens with zero attached hydrogens (tertiary/aromatic N) is 4. The minimum atomic E-state index is -0.529. The van der Waals surface area contributed by atoms with Crippen molar-refractivity contribution >= 4 is 11.8 Å². The van der Waals surface area contributed by atoms with Gasteiger partial charge in [0, 0.05) is 5.56 Å². The molecule has 10 nitrogen and oxygen atoms in total. The Bertz CT molecular complexity index is 795. The number of ether oxygens (including phenoxy) is 2. The summed E-state index contributed by atoms with van der Waals surface area (Å²) in [6.45, 7) is -0.194. The molecule has 0 unspecified atom stereocenters. The second-order valence-corrected chi connectivity index (χ2v) is 4.45. The van der Waals surface area contributed by atoms with E-state index in [4.69, 9.17) is 14.7 Å². The van der Waals surface area contributed by atoms with Crippen LogP contribution in [0, 0.1) is 11.3 Å². The molecule has 0 bridgehead atoms. The van der Waals surface area contributed by atoms with Crippen molar-refractivity contribution in [3.05, 3.63) is 35.9 Å². The van der Waals surface area contributed by atoms with E-state index in [1.165, 1.54) is 37.4 Å². The summed E-state index contributed by atoms with van der Waals surface area (Å²) in [5.74, 6) is -0.225. The Kier molecular flexibility index (Phi) is 5.30. The first-order valence-corrected chi connectivity index (χ1v) is 6.68. The molecular weight excluding hydrogens is 316 g/mol. The first kappa shape index (κ1) is 16.8. The van der Waals surface area contributed by atoms with E-state index in [2.05, 4.69) is 20.9 Å². The van der Waals surface area contributed by atoms with Crippen molar-refractivity contribution in [1.82, 2.24) is 25.6 Å². The molecule has 1 aromatic heterocycles. The molecule has 2 N–H and O–H groups in total. The summed E-state index contributed by atoms with van der Waals surface area (Å²) in [5, 5.41) is 12.3. The first-order chi connectivity index (χ1) is 11.6. The maximum absolute atomic E-state index is 12.0. The lowest BCUT2D eigenvalue weighted by molar-refractivity contribution is -0.122. The molecule has 2 aromatic rings. The highest BCUT2D eigenvalue weighted by molar-refractivity contribution is 5.96. The summed E-state index contributed by atoms with van der Waals surface area (Å²) >= 11 is 0. The van der Waals surface area contributed by atoms with Crippen LogP contribution in [0.2, 0.25) is 0 Å². The van der Waals surface area contributed by atoms with Crippen LogP contribution in [0.5, 0.6) is 11.5 Å². The Labute approximate surface area is 137 Å². The van der Waals surface area contributed by atoms with Crippen LogP contribution < -0.4 is 20.3 Å². The predicted octanol–water partition coefficient (Wildman–Crippen LogP) is -0.372. The normalized spacial score (nSPS) is 9.71. The highest BCUT2D eigenvalue weighted by atomic mass is 16.5. The lowest BCUT2D eigenvalue weighted by Gasteiger charge is -2.10. The van der Waals surface area contributed by atoms with Crippen LogP contribution in [-0.2, 0) is 11.3 Å². The highest BCUT2D eigenvalue weighted by Crippen LogP contribution is 2.27. The summed E-state index contributed by atoms with van der Waals surface area (Å²) < 4.78 is 11.4. The van der Waals surface area contributed by atoms with Crippen molar-refractivity contribution in [1.29, 1.82) is 5.26 Å². The molecule has 10 heteroatoms. The molecule has 0 saturated carbocycles. The largest absolute Gasteiger partial charge is 0.493 e. The maximum atomic E-state index is 12.0. The van der Waals surface area contributed by atoms with E-state index in [0.717, 1.165) is 0 Å². The molecule has 1 heterocycles. The van der Waals surface area contributed by atoms with Gasteiger partial charge in [0.05, 0.1) is 14.2 Å². The van der Waals surface area contributed by atoms with E-state index in [1.807, 2.05) is 0 Å². The SMILES string of the molecule is COc1ccc(C(=O)NNC(=O)Cn2cnc(C#N)n2)cc1OC. The van der Waals surface area contributed by atoms with Crippen molar-refractivity contribution < 1.29 is 19.1 Å². The number of nitriles is 1. The van der Waals surface area contributed by atoms with Gasteiger partial charge < -0.3 is 9.47 Å². The number of hydrogen-bond acceptors (Lipinski definition) is 7. The fraction of sp³-hybridized carbons (Fsp3) is 0.214. The van der Waals surface area contributed by atoms with E-state index < -0.39 is 11.8 Å². The van der Waals surface area contributed by atoms with E-state index in [9.17, 15) is 9.59 Å². The number of aromatic nitrogens is 3. The van der Waals surface area contributed by atoms with Crippen LogP contribution >= 0.6 is 0 Å². The Morgan fingerprint density at radius 3 is 2.62 bits per heavy atom. The van der Waals surface area contributed by atoms with Crippen LogP contribution in [0.1, 0.15) is 16.2 Å². The second-order valence-electron chi connectivity index (χ2n) is 4.45. The van der Waals surface area contributed by atoms with Gasteiger partial charge in [-0.05, 0) is 18.2 Å². The van der Waals surface area contributed by atoms with Gasteiger partial charge in [-0.15, -0.1) is 5.10 Å². The molecule has 0 radical (unpaired) electrons. The van der Waals surface area contributed by atoms with E-state index in [0.29, 0.717) is 11.5 Å². The van der Waals surface area contributed by atoms with E-state index in [1.54, 1.807) is 12.1 Å². The third-order valence-corrected chi connectivity index (χ3v) is 2.90. The summed E-state index contributed by atoms with van der Waals surface area (Å²) in [7, 11) is 2.94. The molecule has 0 atom stereocenters. The van der Waals surface area contributed by atoms with Crippen LogP contribution in [0.4, 0.5) is 0 Å². The Morgan fingerprint density at radius 1 is 1.25 bits per heavy atom. The number of nitrogens with one attached hydrogen (secondary N) is 2. The number of rotatable bonds is 5. The van der Waals surface area contributed by atoms with Gasteiger partial charge in [0.25, 0.3) is 17.6 Å². The fourth-order valence-corrected chi connectivity index (χ4v) is 1.78. The van der Waals surface area contributed by atoms with Crippen molar-refractivity contribution in [3.8, 4) is 17.6 Å². The van der Waals surface area contributed by atoms with Gasteiger partial charge in [-0.2, -0.15) is 5.26 Å². The predicted molar refractivity (Wildman–Crippen MR) is 79.9 cm³/mol. The van der Waals surface area contributed by atoms with Gasteiger partial charge in [-0.1, -0.05) is 0 Å². The molecule has 24 heavy (non-hydrogen) atoms. The molecule has 124 valence electrons. The Hall–Kier alpha value is -3.61. The molecule has 0 aliphatic heterocycles. The lowest BCUT2D eigenvalue weighted by atomic mass is 10.2. The van der Waals surface area contributed by atoms with Gasteiger partial charge in [0.2, 0.25) is 0 Å². The Balaban J connectivity index is 1.92. The van der Waals surface area contributed by atoms with Crippen LogP contribution in [-0.4, -0.2) is 40.8 Å². The topological polar surface area (TPSA) is 131 Å². The van der Waals surface area contributed by atoms with Crippen molar-refractivity contribution in [3.63, 3.8) is 0 Å². The number of methoxy groups -OCH3 is 2. The molecule has 2 rings (SSSR count). The summed E-state index contributed by atoms with van der Waals surface area (Å²) in [4.78, 5) is 27.4. The Morgan fingerprint density at radius 2 is 2.00 bits per heavy atom. The summed E-state index contributed by atoms with van der Waals surface area (Å²) in [5.41, 5.74) is 4.79. The fourth-order valence-electron chi connectivity index (χ4n) is 1.78. The van der Waals surface area contributed by atoms with Crippen molar-refractivity contribution in [2.24, 2.45) is 0 Å². The lowest BCUT2D eigenvalue weighted by Crippen LogP contribution is -2.43. The third-order valence-electron chi connectivity index (χ3n) is 2.90. The second kappa shape index (κ2) is 7.59. The first-order valence-electron chi connectivity index (χ1n) is 6.68. The number of hydrazine groups is 1. The molecule has 0 saturated heterocycles. The average molecular weight is 330 g/mol. The smallest absolute Gasteiger partial charge is 0.269 e. The van der Waals surface area contributed by atoms with Crippen molar-refractivity contribution in [2.45, 2.75) is 6.54 Å². The average Bonchev–Trinajstić information content (AvgIpc) is 3.06. The van der Waals surface area contributed by atoms with Crippen LogP contribution in [0.15, 0.2) is 24.5 Å². The zero-order chi connectivity index (χ0) is 17.5. The number of carbonyl (C=O) groups excluding carboxylic acids is 2. The van der Waals surface area contributed by atoms with Crippen molar-refractivity contribution in [2.75, 3.05) is 14.2 Å². The van der Waals surface area contributed by atoms with Gasteiger partial charge in [-0.25, -0.2) is 9.67 Å². The van der Waals surface area contributed by atoms with Crippen LogP contribution in [0.25, 0.3) is 0 Å². The monoisotopic (exact) mass is 330 g/mol. The zero-order valence-electron chi connectivity index (χ0n) is 12.9. The quantitative estimate of drug-likeness (QED) is 0.715. The molecule has 0 fully saturated rings. The molecular formula is C14H14N6O4. The molecule has 0 spiro atoms. The minimum absolute atomic E-state index is 0.0443. The van der Waals surface area contributed by atoms with Gasteiger partial charge in [-0.3, -0.25) is 20.4 Å². The number of carbonyl (C=O) groups is 2. The van der Waals surface area contributed by atoms with Gasteiger partial charge in [0.1, 0.15) is 18.9 Å². The molecule has 2 amide bonds. The third kappa shape index (κ3) is 3.98. The summed E-state index contributed by atoms with van der Waals surface area (Å²) in [6, 6.07) is 6.33. The van der Waals surface area contributed by atoms with E-state index in [-0.39, 0.29) is 17.9 Å². The van der Waals surface area contributed by atoms with Crippen LogP contribution in [0.3, 0.4) is 0 Å². The molecule has 0 aliphatic rings. The maximum Gasteiger partial charge on any atom is 0.269 e. The zero-order valence-corrected chi connectivity index (χ0v) is 12.9. The molecule has 0 aliphatic carbocycles. The summed E-state index contributed by atoms with van der Waals surface area (Å²) in [6.07, 6.45) is 1.24. The standard InChI is InChI=1S/C14H14N6O4/c1-23-10-4-3-9(5-11(10)24-2)14(22)18-17-13(21)7-20-8-16-12(6-15)19-20/h3-5,8H,7H2,1-2H3,(H,17,21)(H,18,22). The number of benzene rings is 1. The molecule has 1 aromatic carbocycles. The number of hydrogen-bond donors (Lipinski definition) is 2. The number of amides is 2. The minimum Gasteiger partial charge on any atom is -0.493 e. The van der Waals surface area contributed by atoms with Gasteiger partial charge in [0.15, 0.2) is 11.5 Å².